The van der Waals surface area contributed by atoms with E-state index in [1.165, 1.54) is 4.90 Å². The number of benzene rings is 2. The number of halogens is 2. The van der Waals surface area contributed by atoms with Gasteiger partial charge >= 0.3 is 0 Å². The molecule has 0 radical (unpaired) electrons. The van der Waals surface area contributed by atoms with Crippen molar-refractivity contribution in [3.8, 4) is 5.75 Å². The third kappa shape index (κ3) is 4.11. The molecule has 0 bridgehead atoms. The van der Waals surface area contributed by atoms with Crippen molar-refractivity contribution >= 4 is 40.7 Å². The third-order valence-corrected chi connectivity index (χ3v) is 4.70. The van der Waals surface area contributed by atoms with E-state index in [0.717, 1.165) is 5.56 Å². The molecule has 1 aliphatic rings. The lowest BCUT2D eigenvalue weighted by atomic mass is 10.1. The predicted octanol–water partition coefficient (Wildman–Crippen LogP) is 3.99. The van der Waals surface area contributed by atoms with Crippen molar-refractivity contribution in [2.45, 2.75) is 19.4 Å². The zero-order valence-corrected chi connectivity index (χ0v) is 15.7. The number of ether oxygens (including phenoxy) is 1. The Morgan fingerprint density at radius 3 is 2.81 bits per heavy atom. The van der Waals surface area contributed by atoms with Crippen LogP contribution in [-0.4, -0.2) is 25.0 Å². The van der Waals surface area contributed by atoms with Crippen LogP contribution in [0.3, 0.4) is 0 Å². The van der Waals surface area contributed by atoms with E-state index >= 15 is 0 Å². The zero-order valence-electron chi connectivity index (χ0n) is 14.2. The van der Waals surface area contributed by atoms with Gasteiger partial charge < -0.3 is 10.1 Å². The fourth-order valence-corrected chi connectivity index (χ4v) is 3.43. The lowest BCUT2D eigenvalue weighted by Gasteiger charge is -2.23. The van der Waals surface area contributed by atoms with Crippen LogP contribution in [0.15, 0.2) is 42.5 Å². The van der Waals surface area contributed by atoms with E-state index in [-0.39, 0.29) is 30.8 Å². The van der Waals surface area contributed by atoms with E-state index in [1.807, 2.05) is 19.1 Å². The molecule has 26 heavy (non-hydrogen) atoms. The van der Waals surface area contributed by atoms with Crippen molar-refractivity contribution in [2.75, 3.05) is 18.1 Å². The normalized spacial score (nSPS) is 14.9. The molecule has 136 valence electrons. The molecular weight excluding hydrogens is 375 g/mol. The highest BCUT2D eigenvalue weighted by Crippen LogP contribution is 2.31. The van der Waals surface area contributed by atoms with Crippen molar-refractivity contribution < 1.29 is 14.3 Å². The first-order valence-corrected chi connectivity index (χ1v) is 8.98. The van der Waals surface area contributed by atoms with E-state index in [9.17, 15) is 9.59 Å². The van der Waals surface area contributed by atoms with Crippen molar-refractivity contribution in [1.82, 2.24) is 5.32 Å². The van der Waals surface area contributed by atoms with Crippen LogP contribution >= 0.6 is 23.2 Å². The lowest BCUT2D eigenvalue weighted by molar-refractivity contribution is -0.124. The summed E-state index contributed by atoms with van der Waals surface area (Å²) in [5.41, 5.74) is 1.36. The second-order valence-electron chi connectivity index (χ2n) is 6.00. The Bertz CT molecular complexity index is 841. The molecule has 0 saturated heterocycles. The Kier molecular flexibility index (Phi) is 5.69. The van der Waals surface area contributed by atoms with Crippen LogP contribution in [0.4, 0.5) is 5.69 Å². The summed E-state index contributed by atoms with van der Waals surface area (Å²) in [6.45, 7) is 2.04. The Balaban J connectivity index is 1.74. The minimum atomic E-state index is -0.319. The van der Waals surface area contributed by atoms with Gasteiger partial charge in [-0.2, -0.15) is 0 Å². The molecule has 1 heterocycles. The number of para-hydroxylation sites is 2. The summed E-state index contributed by atoms with van der Waals surface area (Å²) in [7, 11) is 0. The first-order chi connectivity index (χ1) is 12.5. The number of carbonyl (C=O) groups is 2. The second-order valence-corrected chi connectivity index (χ2v) is 6.84. The van der Waals surface area contributed by atoms with Crippen LogP contribution in [0.5, 0.6) is 5.75 Å². The van der Waals surface area contributed by atoms with Gasteiger partial charge in [-0.05, 0) is 36.8 Å². The Morgan fingerprint density at radius 2 is 2.04 bits per heavy atom. The zero-order chi connectivity index (χ0) is 18.7. The standard InChI is InChI=1S/C19H18Cl2N2O3/c1-12(14-7-6-13(20)10-15(14)21)22-18(24)11-23-16-4-2-3-5-17(16)26-9-8-19(23)25/h2-7,10,12H,8-9,11H2,1H3,(H,22,24)/t12-/m0/s1. The summed E-state index contributed by atoms with van der Waals surface area (Å²) < 4.78 is 5.58. The average molecular weight is 393 g/mol. The number of rotatable bonds is 4. The van der Waals surface area contributed by atoms with E-state index in [0.29, 0.717) is 28.1 Å². The van der Waals surface area contributed by atoms with Crippen LogP contribution in [0.1, 0.15) is 24.9 Å². The number of carbonyl (C=O) groups excluding carboxylic acids is 2. The first kappa shape index (κ1) is 18.5. The Hall–Kier alpha value is -2.24. The maximum Gasteiger partial charge on any atom is 0.240 e. The minimum absolute atomic E-state index is 0.0885. The summed E-state index contributed by atoms with van der Waals surface area (Å²) in [4.78, 5) is 26.4. The molecule has 0 spiro atoms. The first-order valence-electron chi connectivity index (χ1n) is 8.22. The number of hydrogen-bond donors (Lipinski definition) is 1. The Labute approximate surface area is 161 Å². The average Bonchev–Trinajstić information content (AvgIpc) is 2.74. The number of anilines is 1. The van der Waals surface area contributed by atoms with Gasteiger partial charge in [-0.3, -0.25) is 14.5 Å². The van der Waals surface area contributed by atoms with Gasteiger partial charge in [0.15, 0.2) is 0 Å². The molecule has 0 saturated carbocycles. The number of hydrogen-bond acceptors (Lipinski definition) is 3. The molecule has 2 aromatic carbocycles. The quantitative estimate of drug-likeness (QED) is 0.855. The second kappa shape index (κ2) is 7.98. The van der Waals surface area contributed by atoms with Crippen LogP contribution in [0.2, 0.25) is 10.0 Å². The molecule has 1 atom stereocenters. The van der Waals surface area contributed by atoms with Crippen LogP contribution < -0.4 is 15.0 Å². The molecule has 2 aromatic rings. The highest BCUT2D eigenvalue weighted by molar-refractivity contribution is 6.35. The smallest absolute Gasteiger partial charge is 0.240 e. The van der Waals surface area contributed by atoms with E-state index in [1.54, 1.807) is 30.3 Å². The number of fused-ring (bicyclic) bond motifs is 1. The summed E-state index contributed by atoms with van der Waals surface area (Å²) >= 11 is 12.1. The van der Waals surface area contributed by atoms with Crippen LogP contribution in [0.25, 0.3) is 0 Å². The maximum absolute atomic E-state index is 12.5. The molecule has 7 heteroatoms. The maximum atomic E-state index is 12.5. The van der Waals surface area contributed by atoms with E-state index in [4.69, 9.17) is 27.9 Å². The molecule has 1 aliphatic heterocycles. The van der Waals surface area contributed by atoms with Gasteiger partial charge in [-0.1, -0.05) is 41.4 Å². The molecule has 2 amide bonds. The third-order valence-electron chi connectivity index (χ3n) is 4.14. The predicted molar refractivity (Wildman–Crippen MR) is 102 cm³/mol. The summed E-state index contributed by atoms with van der Waals surface area (Å²) in [5, 5.41) is 3.89. The monoisotopic (exact) mass is 392 g/mol. The van der Waals surface area contributed by atoms with Gasteiger partial charge in [0.2, 0.25) is 11.8 Å². The number of amides is 2. The molecule has 3 rings (SSSR count). The fourth-order valence-electron chi connectivity index (χ4n) is 2.85. The van der Waals surface area contributed by atoms with E-state index in [2.05, 4.69) is 5.32 Å². The van der Waals surface area contributed by atoms with Gasteiger partial charge in [0.05, 0.1) is 24.8 Å². The van der Waals surface area contributed by atoms with Crippen LogP contribution in [-0.2, 0) is 9.59 Å². The minimum Gasteiger partial charge on any atom is -0.491 e. The molecule has 0 unspecified atom stereocenters. The molecular formula is C19H18Cl2N2O3. The fraction of sp³-hybridized carbons (Fsp3) is 0.263. The molecule has 0 aliphatic carbocycles. The van der Waals surface area contributed by atoms with Crippen molar-refractivity contribution in [3.63, 3.8) is 0 Å². The molecule has 5 nitrogen and oxygen atoms in total. The molecule has 1 N–H and O–H groups in total. The molecule has 0 fully saturated rings. The van der Waals surface area contributed by atoms with Crippen molar-refractivity contribution in [3.05, 3.63) is 58.1 Å². The van der Waals surface area contributed by atoms with Gasteiger partial charge in [-0.15, -0.1) is 0 Å². The van der Waals surface area contributed by atoms with Gasteiger partial charge in [0, 0.05) is 10.0 Å². The Morgan fingerprint density at radius 1 is 1.27 bits per heavy atom. The topological polar surface area (TPSA) is 58.6 Å². The number of nitrogens with zero attached hydrogens (tertiary/aromatic N) is 1. The highest BCUT2D eigenvalue weighted by Gasteiger charge is 2.25. The van der Waals surface area contributed by atoms with E-state index < -0.39 is 0 Å². The summed E-state index contributed by atoms with van der Waals surface area (Å²) in [6.07, 6.45) is 0.223. The van der Waals surface area contributed by atoms with Gasteiger partial charge in [0.1, 0.15) is 12.3 Å². The SMILES string of the molecule is C[C@H](NC(=O)CN1C(=O)CCOc2ccccc21)c1ccc(Cl)cc1Cl. The summed E-state index contributed by atoms with van der Waals surface area (Å²) in [5.74, 6) is 0.163. The largest absolute Gasteiger partial charge is 0.491 e. The molecule has 0 aromatic heterocycles. The van der Waals surface area contributed by atoms with Gasteiger partial charge in [0.25, 0.3) is 0 Å². The van der Waals surface area contributed by atoms with Crippen molar-refractivity contribution in [2.24, 2.45) is 0 Å². The highest BCUT2D eigenvalue weighted by atomic mass is 35.5. The summed E-state index contributed by atoms with van der Waals surface area (Å²) in [6, 6.07) is 12.0. The van der Waals surface area contributed by atoms with Crippen molar-refractivity contribution in [1.29, 1.82) is 0 Å². The van der Waals surface area contributed by atoms with Gasteiger partial charge in [-0.25, -0.2) is 0 Å². The number of nitrogens with one attached hydrogen (secondary N) is 1. The lowest BCUT2D eigenvalue weighted by Crippen LogP contribution is -2.41. The van der Waals surface area contributed by atoms with Crippen LogP contribution in [0, 0.1) is 0 Å².